The predicted octanol–water partition coefficient (Wildman–Crippen LogP) is -1.63. The zero-order valence-electron chi connectivity index (χ0n) is 4.85. The molecule has 0 fully saturated rings. The smallest absolute Gasteiger partial charge is 0.325 e. The first-order chi connectivity index (χ1) is 4.45. The van der Waals surface area contributed by atoms with Crippen LogP contribution in [0.4, 0.5) is 0 Å². The zero-order valence-corrected chi connectivity index (χ0v) is 5.67. The number of hydrogen-bond donors (Lipinski definition) is 2. The zero-order chi connectivity index (χ0) is 8.20. The van der Waals surface area contributed by atoms with Crippen LogP contribution < -0.4 is 0 Å². The minimum Gasteiger partial charge on any atom is -0.438 e. The fourth-order valence-electron chi connectivity index (χ4n) is 0.263. The van der Waals surface area contributed by atoms with E-state index in [0.717, 1.165) is 0 Å². The first-order valence-electron chi connectivity index (χ1n) is 2.17. The Morgan fingerprint density at radius 2 is 2.00 bits per heavy atom. The summed E-state index contributed by atoms with van der Waals surface area (Å²) in [6.07, 6.45) is 0. The molecule has 0 radical (unpaired) electrons. The quantitative estimate of drug-likeness (QED) is 0.299. The molecule has 10 heavy (non-hydrogen) atoms. The van der Waals surface area contributed by atoms with Crippen molar-refractivity contribution in [3.8, 4) is 0 Å². The minimum absolute atomic E-state index is 0.894. The molecule has 0 rings (SSSR count). The summed E-state index contributed by atoms with van der Waals surface area (Å²) >= 11 is 0. The SMILES string of the molecule is O=C(CS(=O)(=O)O)OCO. The molecule has 0 aliphatic heterocycles. The lowest BCUT2D eigenvalue weighted by Crippen LogP contribution is -2.17. The van der Waals surface area contributed by atoms with Gasteiger partial charge in [-0.3, -0.25) is 9.35 Å². The molecule has 0 unspecified atom stereocenters. The maximum Gasteiger partial charge on any atom is 0.325 e. The second-order valence-electron chi connectivity index (χ2n) is 1.37. The molecule has 0 aromatic rings. The van der Waals surface area contributed by atoms with E-state index in [4.69, 9.17) is 9.66 Å². The lowest BCUT2D eigenvalue weighted by molar-refractivity contribution is -0.148. The van der Waals surface area contributed by atoms with Crippen molar-refractivity contribution < 1.29 is 27.6 Å². The molecule has 0 atom stereocenters. The summed E-state index contributed by atoms with van der Waals surface area (Å²) in [7, 11) is -4.33. The van der Waals surface area contributed by atoms with Crippen molar-refractivity contribution in [1.29, 1.82) is 0 Å². The standard InChI is InChI=1S/C3H6O6S/c4-2-9-3(5)1-10(6,7)8/h4H,1-2H2,(H,6,7,8). The highest BCUT2D eigenvalue weighted by Crippen LogP contribution is 1.84. The second kappa shape index (κ2) is 3.49. The first-order valence-corrected chi connectivity index (χ1v) is 3.78. The van der Waals surface area contributed by atoms with Crippen molar-refractivity contribution in [2.24, 2.45) is 0 Å². The second-order valence-corrected chi connectivity index (χ2v) is 2.82. The van der Waals surface area contributed by atoms with Gasteiger partial charge in [0.1, 0.15) is 0 Å². The molecule has 0 aromatic carbocycles. The lowest BCUT2D eigenvalue weighted by Gasteiger charge is -1.96. The molecule has 0 aliphatic rings. The fourth-order valence-corrected chi connectivity index (χ4v) is 0.644. The topological polar surface area (TPSA) is 101 Å². The summed E-state index contributed by atoms with van der Waals surface area (Å²) in [5, 5.41) is 7.91. The number of carbonyl (C=O) groups is 1. The van der Waals surface area contributed by atoms with E-state index in [9.17, 15) is 13.2 Å². The van der Waals surface area contributed by atoms with Crippen LogP contribution in [0.25, 0.3) is 0 Å². The number of aliphatic hydroxyl groups is 1. The van der Waals surface area contributed by atoms with E-state index in [1.807, 2.05) is 0 Å². The van der Waals surface area contributed by atoms with Crippen LogP contribution in [0.5, 0.6) is 0 Å². The summed E-state index contributed by atoms with van der Waals surface area (Å²) in [4.78, 5) is 10.1. The Bertz CT molecular complexity index is 203. The Kier molecular flexibility index (Phi) is 3.26. The number of rotatable bonds is 3. The van der Waals surface area contributed by atoms with E-state index < -0.39 is 28.6 Å². The van der Waals surface area contributed by atoms with Crippen LogP contribution in [0.15, 0.2) is 0 Å². The average molecular weight is 170 g/mol. The number of ether oxygens (including phenoxy) is 1. The summed E-state index contributed by atoms with van der Waals surface area (Å²) < 4.78 is 31.6. The maximum absolute atomic E-state index is 10.1. The molecule has 60 valence electrons. The van der Waals surface area contributed by atoms with E-state index in [0.29, 0.717) is 0 Å². The Labute approximate surface area is 57.2 Å². The molecule has 2 N–H and O–H groups in total. The molecule has 0 aliphatic carbocycles. The largest absolute Gasteiger partial charge is 0.438 e. The molecule has 0 heterocycles. The van der Waals surface area contributed by atoms with E-state index >= 15 is 0 Å². The highest BCUT2D eigenvalue weighted by Gasteiger charge is 2.12. The van der Waals surface area contributed by atoms with Gasteiger partial charge in [-0.2, -0.15) is 8.42 Å². The van der Waals surface area contributed by atoms with Gasteiger partial charge in [0, 0.05) is 0 Å². The van der Waals surface area contributed by atoms with Crippen LogP contribution in [-0.2, 0) is 19.6 Å². The van der Waals surface area contributed by atoms with Gasteiger partial charge in [-0.05, 0) is 0 Å². The molecule has 0 saturated heterocycles. The Balaban J connectivity index is 3.82. The fraction of sp³-hybridized carbons (Fsp3) is 0.667. The summed E-state index contributed by atoms with van der Waals surface area (Å²) in [5.41, 5.74) is 0. The number of aliphatic hydroxyl groups excluding tert-OH is 1. The lowest BCUT2D eigenvalue weighted by atomic mass is 10.8. The summed E-state index contributed by atoms with van der Waals surface area (Å²) in [6.45, 7) is -0.894. The van der Waals surface area contributed by atoms with Crippen LogP contribution in [0.2, 0.25) is 0 Å². The minimum atomic E-state index is -4.33. The molecule has 0 spiro atoms. The summed E-state index contributed by atoms with van der Waals surface area (Å²) in [6, 6.07) is 0. The Hall–Kier alpha value is -0.660. The predicted molar refractivity (Wildman–Crippen MR) is 29.6 cm³/mol. The molecular formula is C3H6O6S. The van der Waals surface area contributed by atoms with Crippen molar-refractivity contribution in [2.45, 2.75) is 0 Å². The van der Waals surface area contributed by atoms with Gasteiger partial charge < -0.3 is 9.84 Å². The van der Waals surface area contributed by atoms with Crippen LogP contribution in [-0.4, -0.2) is 36.6 Å². The van der Waals surface area contributed by atoms with Gasteiger partial charge in [-0.25, -0.2) is 0 Å². The van der Waals surface area contributed by atoms with Gasteiger partial charge in [0.2, 0.25) is 0 Å². The van der Waals surface area contributed by atoms with Gasteiger partial charge >= 0.3 is 5.97 Å². The molecule has 0 amide bonds. The molecular weight excluding hydrogens is 164 g/mol. The van der Waals surface area contributed by atoms with E-state index in [2.05, 4.69) is 4.74 Å². The van der Waals surface area contributed by atoms with E-state index in [1.165, 1.54) is 0 Å². The van der Waals surface area contributed by atoms with Crippen molar-refractivity contribution in [3.63, 3.8) is 0 Å². The van der Waals surface area contributed by atoms with Crippen LogP contribution in [0, 0.1) is 0 Å². The molecule has 0 bridgehead atoms. The van der Waals surface area contributed by atoms with Crippen molar-refractivity contribution in [3.05, 3.63) is 0 Å². The monoisotopic (exact) mass is 170 g/mol. The van der Waals surface area contributed by atoms with E-state index in [-0.39, 0.29) is 0 Å². The summed E-state index contributed by atoms with van der Waals surface area (Å²) in [5.74, 6) is -2.32. The highest BCUT2D eigenvalue weighted by molar-refractivity contribution is 7.86. The molecule has 6 nitrogen and oxygen atoms in total. The Morgan fingerprint density at radius 3 is 2.30 bits per heavy atom. The van der Waals surface area contributed by atoms with Gasteiger partial charge in [-0.1, -0.05) is 0 Å². The van der Waals surface area contributed by atoms with Crippen molar-refractivity contribution in [2.75, 3.05) is 12.5 Å². The third-order valence-corrected chi connectivity index (χ3v) is 1.13. The normalized spacial score (nSPS) is 11.0. The molecule has 0 aromatic heterocycles. The van der Waals surface area contributed by atoms with Crippen LogP contribution in [0.3, 0.4) is 0 Å². The van der Waals surface area contributed by atoms with Gasteiger partial charge in [0.05, 0.1) is 0 Å². The van der Waals surface area contributed by atoms with Gasteiger partial charge in [0.25, 0.3) is 10.1 Å². The Morgan fingerprint density at radius 1 is 1.50 bits per heavy atom. The third-order valence-electron chi connectivity index (χ3n) is 0.526. The average Bonchev–Trinajstić information content (AvgIpc) is 1.59. The third kappa shape index (κ3) is 5.48. The van der Waals surface area contributed by atoms with Gasteiger partial charge in [0.15, 0.2) is 12.5 Å². The van der Waals surface area contributed by atoms with Crippen molar-refractivity contribution >= 4 is 16.1 Å². The number of esters is 1. The molecule has 7 heteroatoms. The first kappa shape index (κ1) is 9.34. The van der Waals surface area contributed by atoms with Crippen LogP contribution >= 0.6 is 0 Å². The van der Waals surface area contributed by atoms with Crippen LogP contribution in [0.1, 0.15) is 0 Å². The van der Waals surface area contributed by atoms with Crippen molar-refractivity contribution in [1.82, 2.24) is 0 Å². The van der Waals surface area contributed by atoms with E-state index in [1.54, 1.807) is 0 Å². The maximum atomic E-state index is 10.1. The molecule has 0 saturated carbocycles. The number of hydrogen-bond acceptors (Lipinski definition) is 5. The highest BCUT2D eigenvalue weighted by atomic mass is 32.2. The van der Waals surface area contributed by atoms with Gasteiger partial charge in [-0.15, -0.1) is 0 Å². The number of carbonyl (C=O) groups excluding carboxylic acids is 1.